The molecule has 5 nitrogen and oxygen atoms in total. The van der Waals surface area contributed by atoms with Gasteiger partial charge in [-0.3, -0.25) is 9.59 Å². The standard InChI is InChI=1S/C18H22Cl2N2O3/c19-15-2-1-14(16(20)12-15)11-17(23)21-5-3-13(4-6-21)18(24)22-7-9-25-10-8-22/h1-2,12-13H,3-11H2. The van der Waals surface area contributed by atoms with E-state index in [2.05, 4.69) is 0 Å². The number of nitrogens with zero attached hydrogens (tertiary/aromatic N) is 2. The molecule has 2 amide bonds. The Bertz CT molecular complexity index is 639. The van der Waals surface area contributed by atoms with Gasteiger partial charge in [-0.15, -0.1) is 0 Å². The smallest absolute Gasteiger partial charge is 0.227 e. The quantitative estimate of drug-likeness (QED) is 0.804. The van der Waals surface area contributed by atoms with E-state index in [1.165, 1.54) is 0 Å². The van der Waals surface area contributed by atoms with E-state index in [9.17, 15) is 9.59 Å². The minimum Gasteiger partial charge on any atom is -0.378 e. The molecule has 0 spiro atoms. The molecule has 1 aromatic rings. The zero-order valence-electron chi connectivity index (χ0n) is 14.0. The summed E-state index contributed by atoms with van der Waals surface area (Å²) in [6, 6.07) is 5.18. The van der Waals surface area contributed by atoms with E-state index in [1.807, 2.05) is 9.80 Å². The van der Waals surface area contributed by atoms with Crippen molar-refractivity contribution in [3.05, 3.63) is 33.8 Å². The van der Waals surface area contributed by atoms with Crippen LogP contribution in [-0.2, 0) is 20.7 Å². The number of morpholine rings is 1. The van der Waals surface area contributed by atoms with E-state index >= 15 is 0 Å². The Kier molecular flexibility index (Phi) is 6.20. The Labute approximate surface area is 157 Å². The molecule has 1 aromatic carbocycles. The summed E-state index contributed by atoms with van der Waals surface area (Å²) in [4.78, 5) is 28.8. The lowest BCUT2D eigenvalue weighted by Gasteiger charge is -2.35. The number of rotatable bonds is 3. The maximum absolute atomic E-state index is 12.5. The van der Waals surface area contributed by atoms with Crippen LogP contribution in [0.5, 0.6) is 0 Å². The number of carbonyl (C=O) groups is 2. The summed E-state index contributed by atoms with van der Waals surface area (Å²) in [6.45, 7) is 3.81. The predicted molar refractivity (Wildman–Crippen MR) is 96.9 cm³/mol. The molecule has 2 heterocycles. The molecule has 0 atom stereocenters. The number of amides is 2. The minimum atomic E-state index is 0.0151. The van der Waals surface area contributed by atoms with E-state index in [1.54, 1.807) is 18.2 Å². The van der Waals surface area contributed by atoms with Crippen LogP contribution in [0, 0.1) is 5.92 Å². The van der Waals surface area contributed by atoms with Gasteiger partial charge in [0.2, 0.25) is 11.8 Å². The van der Waals surface area contributed by atoms with Crippen molar-refractivity contribution < 1.29 is 14.3 Å². The number of piperidine rings is 1. The first-order valence-electron chi connectivity index (χ1n) is 8.63. The largest absolute Gasteiger partial charge is 0.378 e. The summed E-state index contributed by atoms with van der Waals surface area (Å²) in [5.74, 6) is 0.263. The third-order valence-electron chi connectivity index (χ3n) is 4.88. The Hall–Kier alpha value is -1.30. The van der Waals surface area contributed by atoms with E-state index in [4.69, 9.17) is 27.9 Å². The zero-order chi connectivity index (χ0) is 17.8. The fourth-order valence-electron chi connectivity index (χ4n) is 3.36. The highest BCUT2D eigenvalue weighted by molar-refractivity contribution is 6.35. The van der Waals surface area contributed by atoms with Crippen LogP contribution in [0.3, 0.4) is 0 Å². The van der Waals surface area contributed by atoms with Crippen LogP contribution in [0.2, 0.25) is 10.0 Å². The summed E-state index contributed by atoms with van der Waals surface area (Å²) < 4.78 is 5.29. The van der Waals surface area contributed by atoms with E-state index in [0.29, 0.717) is 49.4 Å². The van der Waals surface area contributed by atoms with Crippen molar-refractivity contribution in [2.75, 3.05) is 39.4 Å². The van der Waals surface area contributed by atoms with Crippen LogP contribution in [-0.4, -0.2) is 61.0 Å². The fraction of sp³-hybridized carbons (Fsp3) is 0.556. The molecular formula is C18H22Cl2N2O3. The van der Waals surface area contributed by atoms with Gasteiger partial charge in [0.25, 0.3) is 0 Å². The van der Waals surface area contributed by atoms with Gasteiger partial charge >= 0.3 is 0 Å². The maximum atomic E-state index is 12.5. The lowest BCUT2D eigenvalue weighted by Crippen LogP contribution is -2.47. The molecular weight excluding hydrogens is 363 g/mol. The van der Waals surface area contributed by atoms with Gasteiger partial charge in [-0.25, -0.2) is 0 Å². The van der Waals surface area contributed by atoms with Gasteiger partial charge in [0, 0.05) is 42.1 Å². The third-order valence-corrected chi connectivity index (χ3v) is 5.46. The van der Waals surface area contributed by atoms with Crippen molar-refractivity contribution in [1.82, 2.24) is 9.80 Å². The highest BCUT2D eigenvalue weighted by Gasteiger charge is 2.30. The van der Waals surface area contributed by atoms with Gasteiger partial charge in [-0.2, -0.15) is 0 Å². The highest BCUT2D eigenvalue weighted by Crippen LogP contribution is 2.24. The van der Waals surface area contributed by atoms with Crippen molar-refractivity contribution in [3.8, 4) is 0 Å². The minimum absolute atomic E-state index is 0.0151. The number of ether oxygens (including phenoxy) is 1. The van der Waals surface area contributed by atoms with Gasteiger partial charge in [0.15, 0.2) is 0 Å². The Morgan fingerprint density at radius 3 is 2.36 bits per heavy atom. The molecule has 2 aliphatic rings. The van der Waals surface area contributed by atoms with Crippen LogP contribution < -0.4 is 0 Å². The van der Waals surface area contributed by atoms with Crippen LogP contribution >= 0.6 is 23.2 Å². The van der Waals surface area contributed by atoms with Crippen LogP contribution in [0.25, 0.3) is 0 Å². The molecule has 2 fully saturated rings. The van der Waals surface area contributed by atoms with Gasteiger partial charge in [-0.05, 0) is 30.5 Å². The zero-order valence-corrected chi connectivity index (χ0v) is 15.6. The molecule has 3 rings (SSSR count). The second-order valence-electron chi connectivity index (χ2n) is 6.51. The molecule has 2 saturated heterocycles. The first-order chi connectivity index (χ1) is 12.0. The molecule has 2 aliphatic heterocycles. The van der Waals surface area contributed by atoms with E-state index in [0.717, 1.165) is 18.4 Å². The molecule has 136 valence electrons. The van der Waals surface area contributed by atoms with Crippen molar-refractivity contribution >= 4 is 35.0 Å². The van der Waals surface area contributed by atoms with Crippen molar-refractivity contribution in [1.29, 1.82) is 0 Å². The van der Waals surface area contributed by atoms with E-state index < -0.39 is 0 Å². The highest BCUT2D eigenvalue weighted by atomic mass is 35.5. The molecule has 0 aliphatic carbocycles. The Morgan fingerprint density at radius 2 is 1.72 bits per heavy atom. The van der Waals surface area contributed by atoms with Gasteiger partial charge in [0.1, 0.15) is 0 Å². The van der Waals surface area contributed by atoms with E-state index in [-0.39, 0.29) is 24.2 Å². The number of hydrogen-bond acceptors (Lipinski definition) is 3. The monoisotopic (exact) mass is 384 g/mol. The van der Waals surface area contributed by atoms with Crippen molar-refractivity contribution in [2.24, 2.45) is 5.92 Å². The SMILES string of the molecule is O=C(Cc1ccc(Cl)cc1Cl)N1CCC(C(=O)N2CCOCC2)CC1. The first kappa shape index (κ1) is 18.5. The maximum Gasteiger partial charge on any atom is 0.227 e. The second kappa shape index (κ2) is 8.39. The number of likely N-dealkylation sites (tertiary alicyclic amines) is 1. The molecule has 0 radical (unpaired) electrons. The predicted octanol–water partition coefficient (Wildman–Crippen LogP) is 2.63. The average Bonchev–Trinajstić information content (AvgIpc) is 2.64. The molecule has 0 bridgehead atoms. The third kappa shape index (κ3) is 4.66. The number of hydrogen-bond donors (Lipinski definition) is 0. The molecule has 0 unspecified atom stereocenters. The summed E-state index contributed by atoms with van der Waals surface area (Å²) in [7, 11) is 0. The molecule has 0 saturated carbocycles. The van der Waals surface area contributed by atoms with Crippen molar-refractivity contribution in [3.63, 3.8) is 0 Å². The molecule has 0 aromatic heterocycles. The molecule has 0 N–H and O–H groups in total. The van der Waals surface area contributed by atoms with Crippen LogP contribution in [0.4, 0.5) is 0 Å². The van der Waals surface area contributed by atoms with Crippen molar-refractivity contribution in [2.45, 2.75) is 19.3 Å². The summed E-state index contributed by atoms with van der Waals surface area (Å²) in [5, 5.41) is 1.07. The lowest BCUT2D eigenvalue weighted by atomic mass is 9.94. The number of carbonyl (C=O) groups excluding carboxylic acids is 2. The van der Waals surface area contributed by atoms with Gasteiger partial charge < -0.3 is 14.5 Å². The summed E-state index contributed by atoms with van der Waals surface area (Å²) in [6.07, 6.45) is 1.70. The Balaban J connectivity index is 1.51. The number of halogens is 2. The molecule has 7 heteroatoms. The van der Waals surface area contributed by atoms with Crippen LogP contribution in [0.15, 0.2) is 18.2 Å². The first-order valence-corrected chi connectivity index (χ1v) is 9.38. The summed E-state index contributed by atoms with van der Waals surface area (Å²) >= 11 is 12.0. The summed E-state index contributed by atoms with van der Waals surface area (Å²) in [5.41, 5.74) is 0.780. The lowest BCUT2D eigenvalue weighted by molar-refractivity contribution is -0.143. The Morgan fingerprint density at radius 1 is 1.04 bits per heavy atom. The fourth-order valence-corrected chi connectivity index (χ4v) is 3.83. The van der Waals surface area contributed by atoms with Gasteiger partial charge in [-0.1, -0.05) is 29.3 Å². The van der Waals surface area contributed by atoms with Crippen LogP contribution in [0.1, 0.15) is 18.4 Å². The molecule has 25 heavy (non-hydrogen) atoms. The normalized spacial score (nSPS) is 19.1. The van der Waals surface area contributed by atoms with Gasteiger partial charge in [0.05, 0.1) is 19.6 Å². The second-order valence-corrected chi connectivity index (χ2v) is 7.35. The topological polar surface area (TPSA) is 49.9 Å². The average molecular weight is 385 g/mol. The number of benzene rings is 1.